The Morgan fingerprint density at radius 3 is 0.957 bits per heavy atom. The van der Waals surface area contributed by atoms with Crippen molar-refractivity contribution in [3.05, 3.63) is 91.7 Å². The molecule has 2 aromatic carbocycles. The van der Waals surface area contributed by atoms with Crippen molar-refractivity contribution in [3.8, 4) is 0 Å². The Morgan fingerprint density at radius 2 is 0.638 bits per heavy atom. The molecule has 0 radical (unpaired) electrons. The molecule has 378 valence electrons. The van der Waals surface area contributed by atoms with Crippen LogP contribution in [-0.4, -0.2) is 0 Å². The first-order valence-electron chi connectivity index (χ1n) is 27.8. The fourth-order valence-corrected chi connectivity index (χ4v) is 16.0. The second kappa shape index (κ2) is 31.0. The predicted octanol–water partition coefficient (Wildman–Crippen LogP) is 23.9. The first-order valence-corrected chi connectivity index (χ1v) is 31.1. The van der Waals surface area contributed by atoms with Gasteiger partial charge >= 0.3 is 6.18 Å². The van der Waals surface area contributed by atoms with Gasteiger partial charge in [-0.1, -0.05) is 248 Å². The van der Waals surface area contributed by atoms with E-state index in [2.05, 4.69) is 63.3 Å². The standard InChI is InChI=1S/C62H85F3S4/c1-4-6-8-10-12-14-16-18-20-22-24-26-28-30-32-34-52-54(46-42-49-38-36-48(3)37-39-49)66-58-56(52)68-61-59-57(69-60(58)61)53(55(67-59)47-43-50-40-44-51(45-41-50)62(63,64)65)35-33-31-29-27-25-23-21-19-17-15-13-11-9-7-5-2/h36-47H,4-35H2,1-3H3/b46-42+,47-43+. The first kappa shape index (κ1) is 55.6. The Morgan fingerprint density at radius 1 is 0.348 bits per heavy atom. The van der Waals surface area contributed by atoms with Crippen LogP contribution in [0.2, 0.25) is 0 Å². The number of thiophene rings is 4. The van der Waals surface area contributed by atoms with Gasteiger partial charge in [0.05, 0.1) is 33.8 Å². The van der Waals surface area contributed by atoms with E-state index in [0.717, 1.165) is 18.4 Å². The van der Waals surface area contributed by atoms with Gasteiger partial charge in [-0.25, -0.2) is 0 Å². The van der Waals surface area contributed by atoms with Crippen molar-refractivity contribution in [3.63, 3.8) is 0 Å². The average molecular weight is 1020 g/mol. The Bertz CT molecular complexity index is 2380. The highest BCUT2D eigenvalue weighted by Crippen LogP contribution is 2.53. The van der Waals surface area contributed by atoms with Gasteiger partial charge in [-0.3, -0.25) is 0 Å². The number of aryl methyl sites for hydroxylation is 3. The molecule has 0 fully saturated rings. The molecule has 4 heterocycles. The quantitative estimate of drug-likeness (QED) is 0.0344. The monoisotopic (exact) mass is 1010 g/mol. The summed E-state index contributed by atoms with van der Waals surface area (Å²) >= 11 is 7.90. The zero-order chi connectivity index (χ0) is 48.5. The van der Waals surface area contributed by atoms with Crippen LogP contribution in [0.25, 0.3) is 52.5 Å². The molecular formula is C62H85F3S4. The van der Waals surface area contributed by atoms with Crippen molar-refractivity contribution < 1.29 is 13.2 Å². The lowest BCUT2D eigenvalue weighted by Crippen LogP contribution is -2.03. The van der Waals surface area contributed by atoms with Gasteiger partial charge in [0, 0.05) is 9.75 Å². The number of hydrogen-bond acceptors (Lipinski definition) is 4. The van der Waals surface area contributed by atoms with E-state index in [0.29, 0.717) is 0 Å². The average Bonchev–Trinajstić information content (AvgIpc) is 4.07. The first-order chi connectivity index (χ1) is 33.8. The van der Waals surface area contributed by atoms with Gasteiger partial charge in [-0.15, -0.1) is 45.3 Å². The Labute approximate surface area is 432 Å². The van der Waals surface area contributed by atoms with Crippen molar-refractivity contribution in [2.75, 3.05) is 0 Å². The zero-order valence-corrected chi connectivity index (χ0v) is 46.1. The molecule has 0 bridgehead atoms. The molecule has 0 nitrogen and oxygen atoms in total. The van der Waals surface area contributed by atoms with Gasteiger partial charge in [-0.05, 0) is 79.1 Å². The molecule has 0 amide bonds. The molecule has 0 atom stereocenters. The van der Waals surface area contributed by atoms with Gasteiger partial charge < -0.3 is 0 Å². The molecule has 0 N–H and O–H groups in total. The number of alkyl halides is 3. The molecule has 69 heavy (non-hydrogen) atoms. The molecule has 6 aromatic rings. The Balaban J connectivity index is 1.11. The SMILES string of the molecule is CCCCCCCCCCCCCCCCCc1c(/C=C/c2ccc(C)cc2)sc2c1sc1c3sc(/C=C/c4ccc(C(F)(F)F)cc4)c(CCCCCCCCCCCCCCCCC)c3sc21. The summed E-state index contributed by atoms with van der Waals surface area (Å²) in [5.41, 5.74) is 5.70. The van der Waals surface area contributed by atoms with Crippen molar-refractivity contribution in [1.82, 2.24) is 0 Å². The Hall–Kier alpha value is -2.71. The number of unbranched alkanes of at least 4 members (excludes halogenated alkanes) is 28. The lowest BCUT2D eigenvalue weighted by molar-refractivity contribution is -0.137. The fourth-order valence-electron chi connectivity index (χ4n) is 9.94. The van der Waals surface area contributed by atoms with Crippen LogP contribution in [0, 0.1) is 6.92 Å². The van der Waals surface area contributed by atoms with E-state index >= 15 is 0 Å². The topological polar surface area (TPSA) is 0 Å². The van der Waals surface area contributed by atoms with E-state index in [1.807, 2.05) is 51.4 Å². The van der Waals surface area contributed by atoms with Crippen LogP contribution in [0.1, 0.15) is 250 Å². The maximum atomic E-state index is 13.4. The third kappa shape index (κ3) is 18.4. The number of rotatable bonds is 36. The second-order valence-corrected chi connectivity index (χ2v) is 24.3. The van der Waals surface area contributed by atoms with E-state index in [4.69, 9.17) is 0 Å². The summed E-state index contributed by atoms with van der Waals surface area (Å²) in [4.78, 5) is 2.68. The molecule has 7 heteroatoms. The third-order valence-electron chi connectivity index (χ3n) is 14.2. The van der Waals surface area contributed by atoms with Crippen molar-refractivity contribution >= 4 is 97.9 Å². The summed E-state index contributed by atoms with van der Waals surface area (Å²) in [5.74, 6) is 0. The third-order valence-corrected chi connectivity index (χ3v) is 19.8. The number of halogens is 3. The molecule has 0 aliphatic heterocycles. The van der Waals surface area contributed by atoms with E-state index in [9.17, 15) is 13.2 Å². The number of hydrogen-bond donors (Lipinski definition) is 0. The summed E-state index contributed by atoms with van der Waals surface area (Å²) in [6, 6.07) is 14.5. The van der Waals surface area contributed by atoms with Crippen LogP contribution >= 0.6 is 45.3 Å². The molecule has 0 unspecified atom stereocenters. The summed E-state index contributed by atoms with van der Waals surface area (Å²) in [7, 11) is 0. The minimum atomic E-state index is -4.33. The van der Waals surface area contributed by atoms with Gasteiger partial charge in [0.1, 0.15) is 0 Å². The van der Waals surface area contributed by atoms with Crippen LogP contribution in [0.15, 0.2) is 48.5 Å². The van der Waals surface area contributed by atoms with Crippen LogP contribution in [-0.2, 0) is 19.0 Å². The lowest BCUT2D eigenvalue weighted by Gasteiger charge is -2.06. The second-order valence-electron chi connectivity index (χ2n) is 20.2. The van der Waals surface area contributed by atoms with E-state index in [-0.39, 0.29) is 0 Å². The predicted molar refractivity (Wildman–Crippen MR) is 308 cm³/mol. The van der Waals surface area contributed by atoms with Crippen LogP contribution < -0.4 is 0 Å². The summed E-state index contributed by atoms with van der Waals surface area (Å²) < 4.78 is 48.7. The maximum absolute atomic E-state index is 13.4. The minimum Gasteiger partial charge on any atom is -0.166 e. The van der Waals surface area contributed by atoms with Crippen molar-refractivity contribution in [1.29, 1.82) is 0 Å². The number of fused-ring (bicyclic) bond motifs is 5. The van der Waals surface area contributed by atoms with E-state index < -0.39 is 11.7 Å². The van der Waals surface area contributed by atoms with Crippen LogP contribution in [0.4, 0.5) is 13.2 Å². The zero-order valence-electron chi connectivity index (χ0n) is 42.8. The van der Waals surface area contributed by atoms with Gasteiger partial charge in [0.25, 0.3) is 0 Å². The minimum absolute atomic E-state index is 0.599. The normalized spacial score (nSPS) is 12.5. The van der Waals surface area contributed by atoms with Gasteiger partial charge in [0.15, 0.2) is 0 Å². The van der Waals surface area contributed by atoms with Crippen molar-refractivity contribution in [2.45, 2.75) is 232 Å². The molecule has 4 aromatic heterocycles. The van der Waals surface area contributed by atoms with Crippen LogP contribution in [0.3, 0.4) is 0 Å². The molecular weight excluding hydrogens is 930 g/mol. The largest absolute Gasteiger partial charge is 0.416 e. The molecule has 0 aliphatic rings. The van der Waals surface area contributed by atoms with Crippen molar-refractivity contribution in [2.24, 2.45) is 0 Å². The highest BCUT2D eigenvalue weighted by atomic mass is 32.1. The summed E-state index contributed by atoms with van der Waals surface area (Å²) in [6.07, 6.45) is 47.7. The highest BCUT2D eigenvalue weighted by Gasteiger charge is 2.30. The van der Waals surface area contributed by atoms with E-state index in [1.165, 1.54) is 265 Å². The Kier molecular flexibility index (Phi) is 25.0. The lowest BCUT2D eigenvalue weighted by atomic mass is 10.0. The van der Waals surface area contributed by atoms with Gasteiger partial charge in [0.2, 0.25) is 0 Å². The summed E-state index contributed by atoms with van der Waals surface area (Å²) in [5, 5.41) is 0. The molecule has 6 rings (SSSR count). The molecule has 0 aliphatic carbocycles. The number of benzene rings is 2. The van der Waals surface area contributed by atoms with Gasteiger partial charge in [-0.2, -0.15) is 13.2 Å². The fraction of sp³-hybridized carbons (Fsp3) is 0.581. The van der Waals surface area contributed by atoms with Crippen LogP contribution in [0.5, 0.6) is 0 Å². The maximum Gasteiger partial charge on any atom is 0.416 e. The molecule has 0 saturated carbocycles. The highest BCUT2D eigenvalue weighted by molar-refractivity contribution is 7.45. The smallest absolute Gasteiger partial charge is 0.166 e. The van der Waals surface area contributed by atoms with E-state index in [1.54, 1.807) is 12.1 Å². The molecule has 0 spiro atoms. The molecule has 0 saturated heterocycles. The summed E-state index contributed by atoms with van der Waals surface area (Å²) in [6.45, 7) is 6.74.